The maximum Gasteiger partial charge on any atom is 0.257 e. The van der Waals surface area contributed by atoms with Crippen LogP contribution in [0.4, 0.5) is 5.69 Å². The fourth-order valence-electron chi connectivity index (χ4n) is 3.65. The number of rotatable bonds is 6. The Balaban J connectivity index is 1.90. The highest BCUT2D eigenvalue weighted by atomic mass is 16.3. The average Bonchev–Trinajstić information content (AvgIpc) is 2.70. The molecule has 0 spiro atoms. The lowest BCUT2D eigenvalue weighted by Crippen LogP contribution is -2.31. The SMILES string of the molecule is CCN(CC)c1ccc2cc(C(=O)NC(C)c3cc(C)ccc3C)c(=N)oc2c1. The summed E-state index contributed by atoms with van der Waals surface area (Å²) in [6.45, 7) is 12.0. The van der Waals surface area contributed by atoms with Gasteiger partial charge in [-0.05, 0) is 63.9 Å². The van der Waals surface area contributed by atoms with Crippen LogP contribution in [0.2, 0.25) is 0 Å². The highest BCUT2D eigenvalue weighted by molar-refractivity contribution is 5.97. The Morgan fingerprint density at radius 1 is 1.10 bits per heavy atom. The van der Waals surface area contributed by atoms with E-state index in [1.54, 1.807) is 6.07 Å². The maximum absolute atomic E-state index is 12.9. The zero-order valence-electron chi connectivity index (χ0n) is 17.8. The Morgan fingerprint density at radius 3 is 2.52 bits per heavy atom. The predicted molar refractivity (Wildman–Crippen MR) is 117 cm³/mol. The Labute approximate surface area is 171 Å². The normalized spacial score (nSPS) is 12.0. The molecule has 1 heterocycles. The molecule has 5 heteroatoms. The molecule has 29 heavy (non-hydrogen) atoms. The number of carbonyl (C=O) groups is 1. The van der Waals surface area contributed by atoms with Gasteiger partial charge in [0.05, 0.1) is 6.04 Å². The van der Waals surface area contributed by atoms with Crippen molar-refractivity contribution in [3.63, 3.8) is 0 Å². The summed E-state index contributed by atoms with van der Waals surface area (Å²) in [5, 5.41) is 12.0. The molecule has 2 N–H and O–H groups in total. The van der Waals surface area contributed by atoms with Crippen molar-refractivity contribution < 1.29 is 9.21 Å². The fourth-order valence-corrected chi connectivity index (χ4v) is 3.65. The largest absolute Gasteiger partial charge is 0.438 e. The van der Waals surface area contributed by atoms with Crippen LogP contribution >= 0.6 is 0 Å². The van der Waals surface area contributed by atoms with Crippen LogP contribution in [0.3, 0.4) is 0 Å². The quantitative estimate of drug-likeness (QED) is 0.630. The minimum atomic E-state index is -0.304. The molecule has 5 nitrogen and oxygen atoms in total. The molecule has 1 amide bonds. The first-order valence-electron chi connectivity index (χ1n) is 10.1. The Bertz CT molecular complexity index is 1100. The summed E-state index contributed by atoms with van der Waals surface area (Å²) >= 11 is 0. The molecule has 0 bridgehead atoms. The average molecular weight is 392 g/mol. The maximum atomic E-state index is 12.9. The van der Waals surface area contributed by atoms with E-state index in [1.165, 1.54) is 0 Å². The zero-order valence-corrected chi connectivity index (χ0v) is 17.8. The standard InChI is InChI=1S/C24H29N3O2/c1-6-27(7-2)19-11-10-18-13-21(23(25)29-22(18)14-19)24(28)26-17(5)20-12-15(3)8-9-16(20)4/h8-14,17,25H,6-7H2,1-5H3,(H,26,28). The lowest BCUT2D eigenvalue weighted by atomic mass is 10.00. The van der Waals surface area contributed by atoms with Crippen LogP contribution < -0.4 is 15.8 Å². The second kappa shape index (κ2) is 8.52. The van der Waals surface area contributed by atoms with Gasteiger partial charge in [0.25, 0.3) is 5.91 Å². The van der Waals surface area contributed by atoms with Gasteiger partial charge in [0, 0.05) is 30.2 Å². The Kier molecular flexibility index (Phi) is 6.06. The van der Waals surface area contributed by atoms with Crippen LogP contribution in [-0.4, -0.2) is 19.0 Å². The molecule has 2 aromatic carbocycles. The van der Waals surface area contributed by atoms with Gasteiger partial charge in [0.2, 0.25) is 5.55 Å². The van der Waals surface area contributed by atoms with E-state index < -0.39 is 0 Å². The number of hydrogen-bond donors (Lipinski definition) is 2. The zero-order chi connectivity index (χ0) is 21.1. The molecule has 0 aliphatic heterocycles. The predicted octanol–water partition coefficient (Wildman–Crippen LogP) is 4.87. The summed E-state index contributed by atoms with van der Waals surface area (Å²) in [4.78, 5) is 15.1. The number of benzene rings is 2. The van der Waals surface area contributed by atoms with Crippen molar-refractivity contribution >= 4 is 22.6 Å². The second-order valence-corrected chi connectivity index (χ2v) is 7.44. The van der Waals surface area contributed by atoms with E-state index in [0.717, 1.165) is 40.9 Å². The van der Waals surface area contributed by atoms with Crippen LogP contribution in [0, 0.1) is 19.3 Å². The van der Waals surface area contributed by atoms with Crippen molar-refractivity contribution in [2.24, 2.45) is 0 Å². The van der Waals surface area contributed by atoms with Crippen LogP contribution in [0.1, 0.15) is 53.9 Å². The second-order valence-electron chi connectivity index (χ2n) is 7.44. The number of nitrogens with zero attached hydrogens (tertiary/aromatic N) is 1. The number of carbonyl (C=O) groups excluding carboxylic acids is 1. The van der Waals surface area contributed by atoms with E-state index in [2.05, 4.69) is 42.3 Å². The van der Waals surface area contributed by atoms with Gasteiger partial charge in [-0.1, -0.05) is 23.8 Å². The molecule has 3 rings (SSSR count). The first kappa shape index (κ1) is 20.6. The van der Waals surface area contributed by atoms with Crippen molar-refractivity contribution in [3.8, 4) is 0 Å². The molecule has 0 radical (unpaired) electrons. The van der Waals surface area contributed by atoms with Gasteiger partial charge in [-0.2, -0.15) is 0 Å². The number of anilines is 1. The first-order chi connectivity index (χ1) is 13.8. The van der Waals surface area contributed by atoms with Gasteiger partial charge in [-0.25, -0.2) is 0 Å². The molecule has 0 saturated carbocycles. The lowest BCUT2D eigenvalue weighted by Gasteiger charge is -2.21. The number of amides is 1. The third-order valence-corrected chi connectivity index (χ3v) is 5.38. The van der Waals surface area contributed by atoms with Gasteiger partial charge >= 0.3 is 0 Å². The van der Waals surface area contributed by atoms with Gasteiger partial charge in [-0.15, -0.1) is 0 Å². The lowest BCUT2D eigenvalue weighted by molar-refractivity contribution is 0.0935. The van der Waals surface area contributed by atoms with E-state index in [-0.39, 0.29) is 23.1 Å². The van der Waals surface area contributed by atoms with Crippen molar-refractivity contribution in [2.75, 3.05) is 18.0 Å². The summed E-state index contributed by atoms with van der Waals surface area (Å²) in [7, 11) is 0. The minimum absolute atomic E-state index is 0.125. The van der Waals surface area contributed by atoms with Crippen molar-refractivity contribution in [2.45, 2.75) is 40.7 Å². The molecule has 1 atom stereocenters. The number of fused-ring (bicyclic) bond motifs is 1. The third kappa shape index (κ3) is 4.34. The minimum Gasteiger partial charge on any atom is -0.438 e. The Morgan fingerprint density at radius 2 is 1.83 bits per heavy atom. The summed E-state index contributed by atoms with van der Waals surface area (Å²) < 4.78 is 5.70. The van der Waals surface area contributed by atoms with E-state index in [9.17, 15) is 4.79 Å². The third-order valence-electron chi connectivity index (χ3n) is 5.38. The molecular formula is C24H29N3O2. The summed E-state index contributed by atoms with van der Waals surface area (Å²) in [6.07, 6.45) is 0. The van der Waals surface area contributed by atoms with Crippen LogP contribution in [-0.2, 0) is 0 Å². The molecule has 1 unspecified atom stereocenters. The van der Waals surface area contributed by atoms with Gasteiger partial charge in [-0.3, -0.25) is 10.2 Å². The van der Waals surface area contributed by atoms with Crippen LogP contribution in [0.15, 0.2) is 46.9 Å². The first-order valence-corrected chi connectivity index (χ1v) is 10.1. The highest BCUT2D eigenvalue weighted by Gasteiger charge is 2.17. The van der Waals surface area contributed by atoms with Gasteiger partial charge in [0.15, 0.2) is 0 Å². The topological polar surface area (TPSA) is 69.3 Å². The molecule has 1 aromatic heterocycles. The molecule has 0 aliphatic rings. The van der Waals surface area contributed by atoms with Gasteiger partial charge < -0.3 is 14.6 Å². The number of nitrogens with one attached hydrogen (secondary N) is 2. The van der Waals surface area contributed by atoms with E-state index in [4.69, 9.17) is 9.83 Å². The number of aryl methyl sites for hydroxylation is 2. The van der Waals surface area contributed by atoms with Crippen LogP contribution in [0.25, 0.3) is 11.0 Å². The van der Waals surface area contributed by atoms with E-state index >= 15 is 0 Å². The highest BCUT2D eigenvalue weighted by Crippen LogP contribution is 2.23. The molecule has 152 valence electrons. The summed E-state index contributed by atoms with van der Waals surface area (Å²) in [5.41, 5.74) is 5.13. The monoisotopic (exact) mass is 391 g/mol. The van der Waals surface area contributed by atoms with Crippen molar-refractivity contribution in [1.29, 1.82) is 5.41 Å². The van der Waals surface area contributed by atoms with Gasteiger partial charge in [0.1, 0.15) is 11.1 Å². The Hall–Kier alpha value is -3.08. The number of hydrogen-bond acceptors (Lipinski definition) is 4. The van der Waals surface area contributed by atoms with Crippen molar-refractivity contribution in [3.05, 3.63) is 70.3 Å². The summed E-state index contributed by atoms with van der Waals surface area (Å²) in [6, 6.07) is 13.7. The molecule has 0 aliphatic carbocycles. The van der Waals surface area contributed by atoms with E-state index in [1.807, 2.05) is 39.0 Å². The molecule has 0 fully saturated rings. The van der Waals surface area contributed by atoms with Crippen LogP contribution in [0.5, 0.6) is 0 Å². The van der Waals surface area contributed by atoms with E-state index in [0.29, 0.717) is 5.58 Å². The van der Waals surface area contributed by atoms with Crippen molar-refractivity contribution in [1.82, 2.24) is 5.32 Å². The molecular weight excluding hydrogens is 362 g/mol. The summed E-state index contributed by atoms with van der Waals surface area (Å²) in [5.74, 6) is -0.304. The molecule has 0 saturated heterocycles. The fraction of sp³-hybridized carbons (Fsp3) is 0.333. The smallest absolute Gasteiger partial charge is 0.257 e. The molecule has 3 aromatic rings.